The second-order valence-electron chi connectivity index (χ2n) is 8.21. The Balaban J connectivity index is 1.31. The minimum atomic E-state index is -1.18. The van der Waals surface area contributed by atoms with Crippen LogP contribution in [0.1, 0.15) is 13.3 Å². The zero-order valence-electron chi connectivity index (χ0n) is 17.7. The van der Waals surface area contributed by atoms with Gasteiger partial charge in [-0.05, 0) is 55.2 Å². The Morgan fingerprint density at radius 2 is 2.10 bits per heavy atom. The van der Waals surface area contributed by atoms with E-state index < -0.39 is 11.4 Å². The first-order chi connectivity index (χ1) is 15.1. The Labute approximate surface area is 185 Å². The molecule has 160 valence electrons. The van der Waals surface area contributed by atoms with E-state index in [2.05, 4.69) is 56.5 Å². The van der Waals surface area contributed by atoms with Gasteiger partial charge in [0.15, 0.2) is 4.90 Å². The van der Waals surface area contributed by atoms with E-state index in [1.807, 2.05) is 36.7 Å². The van der Waals surface area contributed by atoms with Crippen LogP contribution in [0.3, 0.4) is 0 Å². The Morgan fingerprint density at radius 1 is 1.19 bits per heavy atom. The van der Waals surface area contributed by atoms with Crippen molar-refractivity contribution in [3.63, 3.8) is 0 Å². The molecule has 1 aliphatic heterocycles. The third kappa shape index (κ3) is 3.96. The smallest absolute Gasteiger partial charge is 0.177 e. The summed E-state index contributed by atoms with van der Waals surface area (Å²) in [7, 11) is 1.64. The maximum absolute atomic E-state index is 13.2. The van der Waals surface area contributed by atoms with Crippen LogP contribution >= 0.6 is 0 Å². The summed E-state index contributed by atoms with van der Waals surface area (Å²) in [5.41, 5.74) is 3.48. The summed E-state index contributed by atoms with van der Waals surface area (Å²) in [6.45, 7) is 3.91. The van der Waals surface area contributed by atoms with Crippen molar-refractivity contribution < 1.29 is 9.29 Å². The van der Waals surface area contributed by atoms with Crippen LogP contribution in [-0.4, -0.2) is 43.3 Å². The van der Waals surface area contributed by atoms with E-state index in [1.165, 1.54) is 10.9 Å². The molecular weight excluding hydrogens is 408 g/mol. The maximum atomic E-state index is 13.2. The van der Waals surface area contributed by atoms with Crippen LogP contribution in [0, 0.1) is 5.92 Å². The number of aromatic amines is 1. The van der Waals surface area contributed by atoms with Crippen molar-refractivity contribution in [2.75, 3.05) is 13.7 Å². The summed E-state index contributed by atoms with van der Waals surface area (Å²) in [5.74, 6) is 1.19. The molecule has 2 aromatic heterocycles. The van der Waals surface area contributed by atoms with E-state index in [4.69, 9.17) is 4.74 Å². The average molecular weight is 435 g/mol. The summed E-state index contributed by atoms with van der Waals surface area (Å²) in [6, 6.07) is 16.5. The molecule has 31 heavy (non-hydrogen) atoms. The molecule has 0 amide bonds. The molecule has 1 N–H and O–H groups in total. The molecule has 4 aromatic rings. The van der Waals surface area contributed by atoms with Crippen LogP contribution in [0.15, 0.2) is 72.0 Å². The van der Waals surface area contributed by atoms with Crippen LogP contribution in [0.25, 0.3) is 22.0 Å². The van der Waals surface area contributed by atoms with E-state index in [-0.39, 0.29) is 6.04 Å². The first-order valence-corrected chi connectivity index (χ1v) is 11.6. The third-order valence-corrected chi connectivity index (χ3v) is 7.71. The van der Waals surface area contributed by atoms with E-state index in [1.54, 1.807) is 7.11 Å². The van der Waals surface area contributed by atoms with Crippen molar-refractivity contribution in [2.24, 2.45) is 5.92 Å². The molecule has 0 saturated carbocycles. The lowest BCUT2D eigenvalue weighted by atomic mass is 10.1. The minimum Gasteiger partial charge on any atom is -0.593 e. The highest BCUT2D eigenvalue weighted by Crippen LogP contribution is 2.32. The van der Waals surface area contributed by atoms with Gasteiger partial charge in [-0.1, -0.05) is 12.1 Å². The number of ether oxygens (including phenoxy) is 1. The molecule has 2 aromatic carbocycles. The fraction of sp³-hybridized carbons (Fsp3) is 0.292. The van der Waals surface area contributed by atoms with Gasteiger partial charge < -0.3 is 13.9 Å². The summed E-state index contributed by atoms with van der Waals surface area (Å²) >= 11 is -1.18. The fourth-order valence-corrected chi connectivity index (χ4v) is 5.99. The monoisotopic (exact) mass is 434 g/mol. The van der Waals surface area contributed by atoms with Crippen molar-refractivity contribution in [3.05, 3.63) is 67.1 Å². The zero-order chi connectivity index (χ0) is 21.4. The van der Waals surface area contributed by atoms with Crippen LogP contribution in [0.5, 0.6) is 5.75 Å². The molecule has 0 aliphatic carbocycles. The quantitative estimate of drug-likeness (QED) is 0.455. The number of hydrogen-bond acceptors (Lipinski definition) is 4. The largest absolute Gasteiger partial charge is 0.593 e. The van der Waals surface area contributed by atoms with Crippen LogP contribution in [-0.2, 0) is 17.9 Å². The number of rotatable bonds is 6. The first-order valence-electron chi connectivity index (χ1n) is 10.5. The van der Waals surface area contributed by atoms with Crippen LogP contribution in [0.4, 0.5) is 0 Å². The van der Waals surface area contributed by atoms with Gasteiger partial charge in [0, 0.05) is 48.0 Å². The van der Waals surface area contributed by atoms with Gasteiger partial charge in [-0.15, -0.1) is 4.31 Å². The maximum Gasteiger partial charge on any atom is 0.177 e. The topological polar surface area (TPSA) is 69.1 Å². The number of hydrogen-bond donors (Lipinski definition) is 1. The number of methoxy groups -OCH3 is 1. The van der Waals surface area contributed by atoms with Crippen LogP contribution < -0.4 is 4.74 Å². The Hall–Kier alpha value is -2.74. The van der Waals surface area contributed by atoms with Gasteiger partial charge in [-0.3, -0.25) is 5.10 Å². The molecule has 3 atom stereocenters. The lowest BCUT2D eigenvalue weighted by molar-refractivity contribution is 0.397. The molecule has 0 spiro atoms. The Morgan fingerprint density at radius 3 is 2.90 bits per heavy atom. The second-order valence-corrected chi connectivity index (χ2v) is 9.65. The molecule has 5 rings (SSSR count). The van der Waals surface area contributed by atoms with Crippen LogP contribution in [0.2, 0.25) is 0 Å². The number of H-pyrrole nitrogens is 1. The zero-order valence-corrected chi connectivity index (χ0v) is 18.5. The lowest BCUT2D eigenvalue weighted by Crippen LogP contribution is -2.34. The molecule has 3 heterocycles. The fourth-order valence-electron chi connectivity index (χ4n) is 4.54. The first kappa shape index (κ1) is 20.2. The molecular formula is C24H26N4O2S. The van der Waals surface area contributed by atoms with Gasteiger partial charge in [-0.25, -0.2) is 0 Å². The second kappa shape index (κ2) is 8.42. The predicted octanol–water partition coefficient (Wildman–Crippen LogP) is 4.47. The molecule has 0 unspecified atom stereocenters. The number of aromatic nitrogens is 3. The highest BCUT2D eigenvalue weighted by Gasteiger charge is 2.38. The molecule has 1 saturated heterocycles. The highest BCUT2D eigenvalue weighted by molar-refractivity contribution is 7.89. The van der Waals surface area contributed by atoms with Crippen molar-refractivity contribution in [1.29, 1.82) is 0 Å². The normalized spacial score (nSPS) is 20.4. The molecule has 1 fully saturated rings. The summed E-state index contributed by atoms with van der Waals surface area (Å²) < 4.78 is 22.9. The van der Waals surface area contributed by atoms with Crippen molar-refractivity contribution in [2.45, 2.75) is 30.8 Å². The van der Waals surface area contributed by atoms with Crippen molar-refractivity contribution in [1.82, 2.24) is 19.1 Å². The van der Waals surface area contributed by atoms with Gasteiger partial charge in [0.2, 0.25) is 0 Å². The number of fused-ring (bicyclic) bond motifs is 1. The van der Waals surface area contributed by atoms with Crippen molar-refractivity contribution in [3.8, 4) is 16.9 Å². The predicted molar refractivity (Wildman–Crippen MR) is 123 cm³/mol. The molecule has 0 radical (unpaired) electrons. The molecule has 0 bridgehead atoms. The van der Waals surface area contributed by atoms with E-state index in [9.17, 15) is 4.55 Å². The van der Waals surface area contributed by atoms with E-state index in [0.29, 0.717) is 5.92 Å². The molecule has 7 heteroatoms. The standard InChI is InChI=1S/C24H26N4O2S/c1-17-10-18(16-28(17)31(29)23-5-3-4-22(12-23)30-2)15-27-9-8-20-11-19(6-7-24(20)27)21-13-25-26-14-21/h3-9,11-14,17-18H,10,15-16H2,1-2H3,(H,25,26)/t17-,18+,31-/m0/s1. The van der Waals surface area contributed by atoms with Gasteiger partial charge in [0.05, 0.1) is 30.7 Å². The number of nitrogens with zero attached hydrogens (tertiary/aromatic N) is 3. The SMILES string of the molecule is COc1cccc([S@+]([O-])N2C[C@@H](Cn3ccc4cc(-c5cn[nH]c5)ccc43)C[C@@H]2C)c1. The number of benzene rings is 2. The highest BCUT2D eigenvalue weighted by atomic mass is 32.2. The van der Waals surface area contributed by atoms with Gasteiger partial charge in [-0.2, -0.15) is 5.10 Å². The average Bonchev–Trinajstić information content (AvgIpc) is 3.54. The molecule has 6 nitrogen and oxygen atoms in total. The molecule has 1 aliphatic rings. The van der Waals surface area contributed by atoms with Gasteiger partial charge in [0.25, 0.3) is 0 Å². The van der Waals surface area contributed by atoms with Gasteiger partial charge >= 0.3 is 0 Å². The number of nitrogens with one attached hydrogen (secondary N) is 1. The minimum absolute atomic E-state index is 0.270. The summed E-state index contributed by atoms with van der Waals surface area (Å²) in [4.78, 5) is 0.796. The Bertz CT molecular complexity index is 1170. The summed E-state index contributed by atoms with van der Waals surface area (Å²) in [6.07, 6.45) is 6.95. The summed E-state index contributed by atoms with van der Waals surface area (Å²) in [5, 5.41) is 8.14. The van der Waals surface area contributed by atoms with E-state index >= 15 is 0 Å². The van der Waals surface area contributed by atoms with E-state index in [0.717, 1.165) is 41.3 Å². The lowest BCUT2D eigenvalue weighted by Gasteiger charge is -2.23. The third-order valence-electron chi connectivity index (χ3n) is 6.12. The van der Waals surface area contributed by atoms with Gasteiger partial charge in [0.1, 0.15) is 5.75 Å². The van der Waals surface area contributed by atoms with Crippen molar-refractivity contribution >= 4 is 22.3 Å². The Kier molecular flexibility index (Phi) is 5.48.